The van der Waals surface area contributed by atoms with Crippen molar-refractivity contribution in [3.8, 4) is 11.5 Å². The number of amidine groups is 2. The van der Waals surface area contributed by atoms with Crippen LogP contribution in [0.15, 0.2) is 68.3 Å². The molecule has 16 nitrogen and oxygen atoms in total. The Kier molecular flexibility index (Phi) is 15.6. The predicted octanol–water partition coefficient (Wildman–Crippen LogP) is 8.10. The third-order valence-electron chi connectivity index (χ3n) is 11.5. The van der Waals surface area contributed by atoms with Crippen molar-refractivity contribution in [3.05, 3.63) is 143 Å². The maximum absolute atomic E-state index is 13.5. The maximum Gasteiger partial charge on any atom is 0.255 e. The molecule has 5 heterocycles. The molecule has 1 fully saturated rings. The minimum Gasteiger partial charge on any atom is -0.507 e. The molecule has 4 aromatic carbocycles. The molecule has 1 saturated heterocycles. The maximum atomic E-state index is 13.5. The van der Waals surface area contributed by atoms with Crippen molar-refractivity contribution in [1.29, 1.82) is 0 Å². The average Bonchev–Trinajstić information content (AvgIpc) is 3.83. The molecule has 3 aliphatic heterocycles. The first-order valence-corrected chi connectivity index (χ1v) is 22.7. The number of amides is 2. The molecule has 68 heavy (non-hydrogen) atoms. The second-order valence-electron chi connectivity index (χ2n) is 15.2. The number of para-hydroxylation sites is 2. The molecule has 2 amide bonds. The molecule has 6 aromatic rings. The van der Waals surface area contributed by atoms with E-state index < -0.39 is 35.3 Å². The number of pyridine rings is 2. The fourth-order valence-electron chi connectivity index (χ4n) is 8.15. The fraction of sp³-hybridized carbons (Fsp3) is 0.190. The van der Waals surface area contributed by atoms with Gasteiger partial charge in [-0.1, -0.05) is 117 Å². The zero-order valence-electron chi connectivity index (χ0n) is 34.0. The first kappa shape index (κ1) is 51.5. The van der Waals surface area contributed by atoms with Crippen LogP contribution in [0.5, 0.6) is 11.5 Å². The number of carbonyl (C=O) groups is 2. The summed E-state index contributed by atoms with van der Waals surface area (Å²) in [5.41, 5.74) is 6.08. The molecule has 0 bridgehead atoms. The molecule has 3 aliphatic rings. The Morgan fingerprint density at radius 3 is 1.25 bits per heavy atom. The van der Waals surface area contributed by atoms with Gasteiger partial charge in [-0.25, -0.2) is 0 Å². The molecule has 0 aliphatic carbocycles. The van der Waals surface area contributed by atoms with Gasteiger partial charge in [0.1, 0.15) is 35.5 Å². The summed E-state index contributed by atoms with van der Waals surface area (Å²) in [4.78, 5) is 62.7. The van der Waals surface area contributed by atoms with Crippen molar-refractivity contribution in [2.24, 2.45) is 10.2 Å². The third-order valence-corrected chi connectivity index (χ3v) is 15.1. The first-order valence-electron chi connectivity index (χ1n) is 19.7. The van der Waals surface area contributed by atoms with Gasteiger partial charge in [0.05, 0.1) is 73.5 Å². The summed E-state index contributed by atoms with van der Waals surface area (Å²) in [6.45, 7) is 0.857. The number of piperazine rings is 1. The van der Waals surface area contributed by atoms with Crippen molar-refractivity contribution in [1.82, 2.24) is 41.3 Å². The molecule has 2 aromatic heterocycles. The Hall–Kier alpha value is -4.31. The third kappa shape index (κ3) is 9.14. The Balaban J connectivity index is 0.00000342. The minimum absolute atomic E-state index is 0. The Labute approximate surface area is 444 Å². The summed E-state index contributed by atoms with van der Waals surface area (Å²) in [6.07, 6.45) is -2.47. The van der Waals surface area contributed by atoms with E-state index in [1.807, 2.05) is 9.80 Å². The molecule has 2 unspecified atom stereocenters. The molecule has 0 spiro atoms. The van der Waals surface area contributed by atoms with Crippen LogP contribution in [0, 0.1) is 0 Å². The van der Waals surface area contributed by atoms with E-state index in [9.17, 15) is 29.4 Å². The number of nitrogens with one attached hydrogen (secondary N) is 6. The Morgan fingerprint density at radius 2 is 0.882 bits per heavy atom. The minimum atomic E-state index is -1.04. The molecule has 0 radical (unpaired) electrons. The second kappa shape index (κ2) is 20.6. The van der Waals surface area contributed by atoms with Crippen molar-refractivity contribution >= 4 is 138 Å². The van der Waals surface area contributed by atoms with Crippen molar-refractivity contribution in [3.63, 3.8) is 0 Å². The average molecular weight is 1170 g/mol. The van der Waals surface area contributed by atoms with Gasteiger partial charge in [0, 0.05) is 93.9 Å². The van der Waals surface area contributed by atoms with E-state index >= 15 is 0 Å². The smallest absolute Gasteiger partial charge is 0.255 e. The van der Waals surface area contributed by atoms with Crippen LogP contribution in [0.2, 0.25) is 40.2 Å². The number of H-pyrrole nitrogens is 2. The number of hydrogen-bond acceptors (Lipinski definition) is 10. The standard InChI is InChI=1S/C42H30Cl8N10O6.2Ni/c43-27-23-25(29(45)33(49)31(27)47)41(65)53-37(23)57-55-21(13-17-35(61)15-5-1-3-7-19(15)51-39(17)63)59-9-11-60(12-10-59)22(14-18-36(62)16-6-2-4-8-20(16)52-40(18)64)56-58-38-24-26(42(66)54-38)30(46)34(50)32(48)28(24)44;;/h1-8,37-38,57-58H,9-14H2,(H,53,65)(H,54,66)(H2,51,61,63)(H2,52,62,64);;/b55-21+,56-22+;;. The number of aromatic nitrogens is 2. The van der Waals surface area contributed by atoms with Gasteiger partial charge in [-0.05, 0) is 24.3 Å². The van der Waals surface area contributed by atoms with Gasteiger partial charge in [0.15, 0.2) is 0 Å². The largest absolute Gasteiger partial charge is 0.507 e. The van der Waals surface area contributed by atoms with E-state index in [0.29, 0.717) is 21.8 Å². The summed E-state index contributed by atoms with van der Waals surface area (Å²) in [6, 6.07) is 13.5. The number of benzene rings is 4. The van der Waals surface area contributed by atoms with Crippen LogP contribution in [0.1, 0.15) is 55.3 Å². The fourth-order valence-corrected chi connectivity index (χ4v) is 10.3. The van der Waals surface area contributed by atoms with Crippen LogP contribution in [-0.2, 0) is 45.8 Å². The molecule has 26 heteroatoms. The number of nitrogens with zero attached hydrogens (tertiary/aromatic N) is 4. The monoisotopic (exact) mass is 1170 g/mol. The van der Waals surface area contributed by atoms with Crippen LogP contribution in [-0.4, -0.2) is 79.6 Å². The van der Waals surface area contributed by atoms with Crippen molar-refractivity contribution in [2.45, 2.75) is 25.2 Å². The summed E-state index contributed by atoms with van der Waals surface area (Å²) in [7, 11) is 0. The Bertz CT molecular complexity index is 3060. The number of aromatic hydroxyl groups is 2. The van der Waals surface area contributed by atoms with E-state index in [4.69, 9.17) is 103 Å². The zero-order chi connectivity index (χ0) is 46.9. The van der Waals surface area contributed by atoms with E-state index in [2.05, 4.69) is 31.5 Å². The van der Waals surface area contributed by atoms with Gasteiger partial charge >= 0.3 is 0 Å². The number of aromatic amines is 2. The molecular formula is C42H30Cl8N10Ni2O6. The van der Waals surface area contributed by atoms with Gasteiger partial charge in [0.2, 0.25) is 0 Å². The number of hydrazone groups is 2. The number of hydrogen-bond donors (Lipinski definition) is 8. The van der Waals surface area contributed by atoms with Gasteiger partial charge in [-0.2, -0.15) is 10.2 Å². The summed E-state index contributed by atoms with van der Waals surface area (Å²) >= 11 is 51.4. The SMILES string of the molecule is O=C1NC(N/N=C(\Cc2c(O)c3ccccc3[nH]c2=O)N2CCN(/C(Cc3c(O)c4ccccc4[nH]c3=O)=N/NC3NC(=O)c4c(Cl)c(Cl)c(Cl)c(Cl)c43)CC2)c2c(Cl)c(Cl)c(Cl)c(Cl)c21.[Ni].[Ni]. The van der Waals surface area contributed by atoms with Crippen LogP contribution in [0.25, 0.3) is 21.8 Å². The quantitative estimate of drug-likeness (QED) is 0.0183. The molecule has 9 rings (SSSR count). The molecule has 360 valence electrons. The number of carbonyl (C=O) groups excluding carboxylic acids is 2. The predicted molar refractivity (Wildman–Crippen MR) is 258 cm³/mol. The first-order chi connectivity index (χ1) is 31.5. The van der Waals surface area contributed by atoms with Crippen LogP contribution >= 0.6 is 92.8 Å². The molecule has 0 saturated carbocycles. The zero-order valence-corrected chi connectivity index (χ0v) is 42.0. The van der Waals surface area contributed by atoms with Crippen molar-refractivity contribution < 1.29 is 52.8 Å². The van der Waals surface area contributed by atoms with Gasteiger partial charge in [-0.15, -0.1) is 0 Å². The van der Waals surface area contributed by atoms with Gasteiger partial charge < -0.3 is 40.6 Å². The number of fused-ring (bicyclic) bond motifs is 4. The van der Waals surface area contributed by atoms with E-state index in [0.717, 1.165) is 0 Å². The molecule has 2 atom stereocenters. The van der Waals surface area contributed by atoms with Crippen LogP contribution in [0.3, 0.4) is 0 Å². The Morgan fingerprint density at radius 1 is 0.544 bits per heavy atom. The second-order valence-corrected chi connectivity index (χ2v) is 18.2. The topological polar surface area (TPSA) is 220 Å². The molecule has 8 N–H and O–H groups in total. The molecular weight excluding hydrogens is 1140 g/mol. The van der Waals surface area contributed by atoms with E-state index in [1.54, 1.807) is 48.5 Å². The van der Waals surface area contributed by atoms with E-state index in [-0.39, 0.29) is 169 Å². The van der Waals surface area contributed by atoms with E-state index in [1.165, 1.54) is 0 Å². The number of rotatable bonds is 8. The van der Waals surface area contributed by atoms with Crippen LogP contribution < -0.4 is 32.6 Å². The number of halogens is 8. The summed E-state index contributed by atoms with van der Waals surface area (Å²) in [5, 5.41) is 38.0. The summed E-state index contributed by atoms with van der Waals surface area (Å²) in [5.74, 6) is -1.13. The van der Waals surface area contributed by atoms with Gasteiger partial charge in [0.25, 0.3) is 22.9 Å². The normalized spacial score (nSPS) is 16.8. The van der Waals surface area contributed by atoms with Gasteiger partial charge in [-0.3, -0.25) is 30.0 Å². The van der Waals surface area contributed by atoms with Crippen LogP contribution in [0.4, 0.5) is 0 Å². The van der Waals surface area contributed by atoms with Crippen molar-refractivity contribution in [2.75, 3.05) is 26.2 Å². The summed E-state index contributed by atoms with van der Waals surface area (Å²) < 4.78 is 0.